The van der Waals surface area contributed by atoms with Gasteiger partial charge in [0.1, 0.15) is 0 Å². The minimum absolute atomic E-state index is 0.0830. The summed E-state index contributed by atoms with van der Waals surface area (Å²) < 4.78 is 5.21. The van der Waals surface area contributed by atoms with Crippen molar-refractivity contribution in [1.29, 1.82) is 0 Å². The van der Waals surface area contributed by atoms with E-state index in [1.54, 1.807) is 17.4 Å². The van der Waals surface area contributed by atoms with E-state index in [0.29, 0.717) is 5.57 Å². The summed E-state index contributed by atoms with van der Waals surface area (Å²) >= 11 is 3.01. The summed E-state index contributed by atoms with van der Waals surface area (Å²) in [7, 11) is 0. The van der Waals surface area contributed by atoms with Crippen LogP contribution in [0.2, 0.25) is 0 Å². The number of ether oxygens (including phenoxy) is 1. The summed E-state index contributed by atoms with van der Waals surface area (Å²) in [5.74, 6) is -0.755. The van der Waals surface area contributed by atoms with Crippen molar-refractivity contribution in [1.82, 2.24) is 5.32 Å². The Kier molecular flexibility index (Phi) is 7.21. The summed E-state index contributed by atoms with van der Waals surface area (Å²) in [4.78, 5) is 26.1. The van der Waals surface area contributed by atoms with Crippen LogP contribution in [0.4, 0.5) is 0 Å². The molecular formula is C18H21NO3S2. The molecule has 2 rings (SSSR count). The van der Waals surface area contributed by atoms with E-state index in [1.807, 2.05) is 41.9 Å². The smallest absolute Gasteiger partial charge is 0.340 e. The zero-order valence-electron chi connectivity index (χ0n) is 13.8. The Morgan fingerprint density at radius 1 is 1.25 bits per heavy atom. The molecule has 2 aromatic heterocycles. The Bertz CT molecular complexity index is 675. The highest BCUT2D eigenvalue weighted by Crippen LogP contribution is 2.25. The third-order valence-corrected chi connectivity index (χ3v) is 5.02. The molecule has 1 N–H and O–H groups in total. The van der Waals surface area contributed by atoms with E-state index in [9.17, 15) is 9.59 Å². The molecule has 0 aliphatic rings. The van der Waals surface area contributed by atoms with E-state index in [-0.39, 0.29) is 18.6 Å². The number of esters is 1. The molecule has 6 heteroatoms. The fourth-order valence-electron chi connectivity index (χ4n) is 2.21. The Balaban J connectivity index is 2.00. The maximum absolute atomic E-state index is 12.4. The summed E-state index contributed by atoms with van der Waals surface area (Å²) in [6, 6.07) is 7.70. The molecule has 0 aromatic carbocycles. The number of carbonyl (C=O) groups excluding carboxylic acids is 2. The second kappa shape index (κ2) is 9.39. The lowest BCUT2D eigenvalue weighted by Crippen LogP contribution is -2.35. The van der Waals surface area contributed by atoms with Crippen LogP contribution in [0.5, 0.6) is 0 Å². The van der Waals surface area contributed by atoms with Crippen molar-refractivity contribution < 1.29 is 14.3 Å². The van der Waals surface area contributed by atoms with Crippen molar-refractivity contribution in [3.63, 3.8) is 0 Å². The monoisotopic (exact) mass is 363 g/mol. The lowest BCUT2D eigenvalue weighted by Gasteiger charge is -2.13. The van der Waals surface area contributed by atoms with Gasteiger partial charge in [-0.2, -0.15) is 0 Å². The average Bonchev–Trinajstić information content (AvgIpc) is 3.23. The van der Waals surface area contributed by atoms with Gasteiger partial charge < -0.3 is 10.1 Å². The maximum atomic E-state index is 12.4. The molecule has 0 saturated carbocycles. The standard InChI is InChI=1S/C18H21NO3S2/c1-3-6-13(2)19-17(20)12-22-18(21)15(16-8-5-10-24-16)11-14-7-4-9-23-14/h4-5,7-11,13H,3,6,12H2,1-2H3,(H,19,20)/b15-11+/t13-/m0/s1. The van der Waals surface area contributed by atoms with E-state index in [2.05, 4.69) is 12.2 Å². The first kappa shape index (κ1) is 18.4. The van der Waals surface area contributed by atoms with Crippen LogP contribution < -0.4 is 5.32 Å². The summed E-state index contributed by atoms with van der Waals surface area (Å²) in [6.07, 6.45) is 3.70. The van der Waals surface area contributed by atoms with Crippen LogP contribution >= 0.6 is 22.7 Å². The molecular weight excluding hydrogens is 342 g/mol. The molecule has 0 unspecified atom stereocenters. The summed E-state index contributed by atoms with van der Waals surface area (Å²) in [5, 5.41) is 6.68. The van der Waals surface area contributed by atoms with E-state index >= 15 is 0 Å². The van der Waals surface area contributed by atoms with Crippen LogP contribution in [0.3, 0.4) is 0 Å². The maximum Gasteiger partial charge on any atom is 0.340 e. The van der Waals surface area contributed by atoms with E-state index < -0.39 is 5.97 Å². The average molecular weight is 364 g/mol. The number of hydrogen-bond donors (Lipinski definition) is 1. The Morgan fingerprint density at radius 3 is 2.62 bits per heavy atom. The predicted molar refractivity (Wildman–Crippen MR) is 100.0 cm³/mol. The van der Waals surface area contributed by atoms with Crippen LogP contribution in [0.25, 0.3) is 11.6 Å². The van der Waals surface area contributed by atoms with Crippen molar-refractivity contribution in [2.75, 3.05) is 6.61 Å². The second-order valence-electron chi connectivity index (χ2n) is 5.38. The first-order chi connectivity index (χ1) is 11.6. The van der Waals surface area contributed by atoms with Gasteiger partial charge in [-0.25, -0.2) is 4.79 Å². The molecule has 0 fully saturated rings. The van der Waals surface area contributed by atoms with Gasteiger partial charge in [-0.3, -0.25) is 4.79 Å². The third kappa shape index (κ3) is 5.62. The van der Waals surface area contributed by atoms with E-state index in [4.69, 9.17) is 4.74 Å². The highest BCUT2D eigenvalue weighted by molar-refractivity contribution is 7.12. The Morgan fingerprint density at radius 2 is 2.00 bits per heavy atom. The lowest BCUT2D eigenvalue weighted by atomic mass is 10.2. The number of amides is 1. The number of nitrogens with one attached hydrogen (secondary N) is 1. The van der Waals surface area contributed by atoms with Crippen LogP contribution in [-0.4, -0.2) is 24.5 Å². The second-order valence-corrected chi connectivity index (χ2v) is 7.31. The van der Waals surface area contributed by atoms with Crippen molar-refractivity contribution in [3.05, 3.63) is 44.8 Å². The Labute approximate surface area is 150 Å². The largest absolute Gasteiger partial charge is 0.452 e. The highest BCUT2D eigenvalue weighted by atomic mass is 32.1. The van der Waals surface area contributed by atoms with Crippen molar-refractivity contribution in [3.8, 4) is 0 Å². The fourth-order valence-corrected chi connectivity index (χ4v) is 3.60. The minimum atomic E-state index is -0.482. The van der Waals surface area contributed by atoms with E-state index in [1.165, 1.54) is 11.3 Å². The van der Waals surface area contributed by atoms with Crippen molar-refractivity contribution >= 4 is 46.2 Å². The molecule has 0 saturated heterocycles. The number of thiophene rings is 2. The van der Waals surface area contributed by atoms with Gasteiger partial charge in [0.15, 0.2) is 6.61 Å². The highest BCUT2D eigenvalue weighted by Gasteiger charge is 2.17. The molecule has 0 aliphatic heterocycles. The van der Waals surface area contributed by atoms with Crippen molar-refractivity contribution in [2.45, 2.75) is 32.7 Å². The van der Waals surface area contributed by atoms with Gasteiger partial charge in [-0.1, -0.05) is 25.5 Å². The summed E-state index contributed by atoms with van der Waals surface area (Å²) in [6.45, 7) is 3.74. The number of carbonyl (C=O) groups is 2. The SMILES string of the molecule is CCC[C@H](C)NC(=O)COC(=O)/C(=C/c1cccs1)c1cccs1. The molecule has 2 heterocycles. The van der Waals surface area contributed by atoms with Crippen LogP contribution in [-0.2, 0) is 14.3 Å². The van der Waals surface area contributed by atoms with Crippen molar-refractivity contribution in [2.24, 2.45) is 0 Å². The van der Waals surface area contributed by atoms with Gasteiger partial charge in [-0.05, 0) is 42.3 Å². The van der Waals surface area contributed by atoms with Gasteiger partial charge in [0.25, 0.3) is 5.91 Å². The van der Waals surface area contributed by atoms with Crippen LogP contribution in [0.15, 0.2) is 35.0 Å². The van der Waals surface area contributed by atoms with Gasteiger partial charge in [0.05, 0.1) is 5.57 Å². The van der Waals surface area contributed by atoms with E-state index in [0.717, 1.165) is 22.6 Å². The molecule has 0 bridgehead atoms. The van der Waals surface area contributed by atoms with Gasteiger partial charge >= 0.3 is 5.97 Å². The van der Waals surface area contributed by atoms with Gasteiger partial charge in [-0.15, -0.1) is 22.7 Å². The molecule has 0 spiro atoms. The topological polar surface area (TPSA) is 55.4 Å². The molecule has 2 aromatic rings. The quantitative estimate of drug-likeness (QED) is 0.565. The molecule has 0 radical (unpaired) electrons. The zero-order chi connectivity index (χ0) is 17.4. The zero-order valence-corrected chi connectivity index (χ0v) is 15.4. The molecule has 128 valence electrons. The normalized spacial score (nSPS) is 12.7. The molecule has 1 amide bonds. The molecule has 4 nitrogen and oxygen atoms in total. The molecule has 0 aliphatic carbocycles. The molecule has 24 heavy (non-hydrogen) atoms. The van der Waals surface area contributed by atoms with Gasteiger partial charge in [0, 0.05) is 15.8 Å². The molecule has 1 atom stereocenters. The Hall–Kier alpha value is -1.92. The third-order valence-electron chi connectivity index (χ3n) is 3.30. The number of rotatable bonds is 8. The van der Waals surface area contributed by atoms with Gasteiger partial charge in [0.2, 0.25) is 0 Å². The fraction of sp³-hybridized carbons (Fsp3) is 0.333. The first-order valence-corrected chi connectivity index (χ1v) is 9.61. The first-order valence-electron chi connectivity index (χ1n) is 7.85. The van der Waals surface area contributed by atoms with Crippen LogP contribution in [0.1, 0.15) is 36.4 Å². The predicted octanol–water partition coefficient (Wildman–Crippen LogP) is 4.20. The van der Waals surface area contributed by atoms with Crippen LogP contribution in [0, 0.1) is 0 Å². The minimum Gasteiger partial charge on any atom is -0.452 e. The lowest BCUT2D eigenvalue weighted by molar-refractivity contribution is -0.143. The summed E-state index contributed by atoms with van der Waals surface area (Å²) in [5.41, 5.74) is 0.474. The number of hydrogen-bond acceptors (Lipinski definition) is 5.